The summed E-state index contributed by atoms with van der Waals surface area (Å²) in [6, 6.07) is 9.80. The Morgan fingerprint density at radius 3 is 2.36 bits per heavy atom. The Morgan fingerprint density at radius 2 is 1.68 bits per heavy atom. The third-order valence-electron chi connectivity index (χ3n) is 4.72. The van der Waals surface area contributed by atoms with Crippen molar-refractivity contribution in [2.24, 2.45) is 5.92 Å². The number of methoxy groups -OCH3 is 1. The van der Waals surface area contributed by atoms with Gasteiger partial charge in [0.15, 0.2) is 0 Å². The van der Waals surface area contributed by atoms with Gasteiger partial charge in [-0.3, -0.25) is 0 Å². The van der Waals surface area contributed by atoms with Gasteiger partial charge in [-0.15, -0.1) is 0 Å². The van der Waals surface area contributed by atoms with Gasteiger partial charge in [-0.1, -0.05) is 51.3 Å². The van der Waals surface area contributed by atoms with Gasteiger partial charge >= 0.3 is 0 Å². The molecule has 0 saturated carbocycles. The summed E-state index contributed by atoms with van der Waals surface area (Å²) in [7, 11) is 1.68. The summed E-state index contributed by atoms with van der Waals surface area (Å²) in [5, 5.41) is 0. The minimum atomic E-state index is -0.118. The molecule has 5 heteroatoms. The molecule has 0 radical (unpaired) electrons. The van der Waals surface area contributed by atoms with E-state index in [0.29, 0.717) is 39.0 Å². The fourth-order valence-electron chi connectivity index (χ4n) is 2.71. The fraction of sp³-hybridized carbons (Fsp3) is 0.739. The van der Waals surface area contributed by atoms with E-state index in [9.17, 15) is 0 Å². The van der Waals surface area contributed by atoms with Crippen LogP contribution in [0.3, 0.4) is 0 Å². The van der Waals surface area contributed by atoms with Crippen LogP contribution in [0.2, 0.25) is 0 Å². The van der Waals surface area contributed by atoms with Gasteiger partial charge in [0.2, 0.25) is 0 Å². The van der Waals surface area contributed by atoms with Crippen molar-refractivity contribution in [2.75, 3.05) is 46.8 Å². The lowest BCUT2D eigenvalue weighted by Crippen LogP contribution is -2.30. The van der Waals surface area contributed by atoms with Crippen molar-refractivity contribution in [3.05, 3.63) is 30.3 Å². The van der Waals surface area contributed by atoms with Gasteiger partial charge in [-0.25, -0.2) is 0 Å². The molecule has 3 atom stereocenters. The molecule has 0 spiro atoms. The number of para-hydroxylation sites is 1. The summed E-state index contributed by atoms with van der Waals surface area (Å²) in [6.45, 7) is 9.82. The summed E-state index contributed by atoms with van der Waals surface area (Å²) in [5.41, 5.74) is 0. The van der Waals surface area contributed by atoms with Crippen molar-refractivity contribution in [3.63, 3.8) is 0 Å². The molecule has 0 aliphatic heterocycles. The molecule has 0 N–H and O–H groups in total. The van der Waals surface area contributed by atoms with Crippen LogP contribution in [0.1, 0.15) is 46.5 Å². The van der Waals surface area contributed by atoms with Crippen LogP contribution in [-0.4, -0.2) is 59.0 Å². The van der Waals surface area contributed by atoms with E-state index in [2.05, 4.69) is 13.8 Å². The third-order valence-corrected chi connectivity index (χ3v) is 4.72. The molecule has 0 aromatic heterocycles. The molecule has 3 unspecified atom stereocenters. The smallest absolute Gasteiger partial charge is 0.119 e. The average Bonchev–Trinajstić information content (AvgIpc) is 2.74. The molecular formula is C23H40O5. The zero-order valence-electron chi connectivity index (χ0n) is 18.2. The summed E-state index contributed by atoms with van der Waals surface area (Å²) < 4.78 is 28.6. The molecule has 0 heterocycles. The van der Waals surface area contributed by atoms with E-state index in [4.69, 9.17) is 23.7 Å². The van der Waals surface area contributed by atoms with E-state index in [0.717, 1.165) is 18.8 Å². The molecule has 1 aromatic rings. The lowest BCUT2D eigenvalue weighted by Gasteiger charge is -2.21. The molecule has 0 saturated heterocycles. The largest absolute Gasteiger partial charge is 0.491 e. The van der Waals surface area contributed by atoms with Crippen molar-refractivity contribution in [1.82, 2.24) is 0 Å². The third kappa shape index (κ3) is 12.3. The van der Waals surface area contributed by atoms with Crippen molar-refractivity contribution in [3.8, 4) is 5.75 Å². The van der Waals surface area contributed by atoms with Crippen LogP contribution in [0.4, 0.5) is 0 Å². The number of rotatable bonds is 18. The van der Waals surface area contributed by atoms with Crippen LogP contribution < -0.4 is 4.74 Å². The maximum atomic E-state index is 5.98. The minimum absolute atomic E-state index is 0.0923. The SMILES string of the molecule is CCCCC(CC)COCC(COc1ccccc1)OCCOCC(C)OC. The Kier molecular flexibility index (Phi) is 14.9. The second-order valence-corrected chi connectivity index (χ2v) is 7.19. The fourth-order valence-corrected chi connectivity index (χ4v) is 2.71. The summed E-state index contributed by atoms with van der Waals surface area (Å²) in [6.07, 6.45) is 4.84. The maximum absolute atomic E-state index is 5.98. The molecule has 0 aliphatic rings. The summed E-state index contributed by atoms with van der Waals surface area (Å²) >= 11 is 0. The summed E-state index contributed by atoms with van der Waals surface area (Å²) in [4.78, 5) is 0. The van der Waals surface area contributed by atoms with Gasteiger partial charge in [0.25, 0.3) is 0 Å². The van der Waals surface area contributed by atoms with Gasteiger partial charge in [0, 0.05) is 13.7 Å². The Morgan fingerprint density at radius 1 is 0.893 bits per heavy atom. The maximum Gasteiger partial charge on any atom is 0.119 e. The number of hydrogen-bond acceptors (Lipinski definition) is 5. The van der Waals surface area contributed by atoms with Crippen LogP contribution in [0.25, 0.3) is 0 Å². The highest BCUT2D eigenvalue weighted by atomic mass is 16.6. The van der Waals surface area contributed by atoms with E-state index in [1.54, 1.807) is 7.11 Å². The van der Waals surface area contributed by atoms with Crippen molar-refractivity contribution < 1.29 is 23.7 Å². The van der Waals surface area contributed by atoms with Gasteiger partial charge < -0.3 is 23.7 Å². The highest BCUT2D eigenvalue weighted by molar-refractivity contribution is 5.20. The van der Waals surface area contributed by atoms with Crippen LogP contribution in [0.5, 0.6) is 5.75 Å². The Balaban J connectivity index is 2.36. The quantitative estimate of drug-likeness (QED) is 0.336. The van der Waals surface area contributed by atoms with Gasteiger partial charge in [-0.05, 0) is 31.4 Å². The second kappa shape index (κ2) is 16.8. The highest BCUT2D eigenvalue weighted by Gasteiger charge is 2.13. The van der Waals surface area contributed by atoms with Crippen molar-refractivity contribution in [1.29, 1.82) is 0 Å². The lowest BCUT2D eigenvalue weighted by atomic mass is 10.0. The Labute approximate surface area is 171 Å². The first-order chi connectivity index (χ1) is 13.7. The molecule has 0 fully saturated rings. The lowest BCUT2D eigenvalue weighted by molar-refractivity contribution is -0.0671. The van der Waals surface area contributed by atoms with Crippen molar-refractivity contribution in [2.45, 2.75) is 58.7 Å². The zero-order chi connectivity index (χ0) is 20.5. The molecule has 1 rings (SSSR count). The monoisotopic (exact) mass is 396 g/mol. The number of benzene rings is 1. The topological polar surface area (TPSA) is 46.2 Å². The second-order valence-electron chi connectivity index (χ2n) is 7.19. The van der Waals surface area contributed by atoms with E-state index in [-0.39, 0.29) is 12.2 Å². The first-order valence-corrected chi connectivity index (χ1v) is 10.7. The molecule has 162 valence electrons. The van der Waals surface area contributed by atoms with Gasteiger partial charge in [-0.2, -0.15) is 0 Å². The van der Waals surface area contributed by atoms with Crippen LogP contribution in [0.15, 0.2) is 30.3 Å². The van der Waals surface area contributed by atoms with Gasteiger partial charge in [0.1, 0.15) is 18.5 Å². The number of hydrogen-bond donors (Lipinski definition) is 0. The molecule has 5 nitrogen and oxygen atoms in total. The Hall–Kier alpha value is -1.14. The predicted octanol–water partition coefficient (Wildman–Crippen LogP) is 4.74. The van der Waals surface area contributed by atoms with E-state index in [1.165, 1.54) is 19.3 Å². The minimum Gasteiger partial charge on any atom is -0.491 e. The standard InChI is InChI=1S/C23H40O5/c1-5-7-11-21(6-2)17-26-18-23(19-28-22-12-9-8-10-13-22)27-15-14-25-16-20(3)24-4/h8-10,12-13,20-21,23H,5-7,11,14-19H2,1-4H3. The molecular weight excluding hydrogens is 356 g/mol. The molecule has 1 aromatic carbocycles. The van der Waals surface area contributed by atoms with E-state index < -0.39 is 0 Å². The van der Waals surface area contributed by atoms with Crippen LogP contribution in [0, 0.1) is 5.92 Å². The first-order valence-electron chi connectivity index (χ1n) is 10.7. The van der Waals surface area contributed by atoms with Crippen molar-refractivity contribution >= 4 is 0 Å². The zero-order valence-corrected chi connectivity index (χ0v) is 18.2. The molecule has 0 aliphatic carbocycles. The van der Waals surface area contributed by atoms with Gasteiger partial charge in [0.05, 0.1) is 32.5 Å². The van der Waals surface area contributed by atoms with E-state index in [1.807, 2.05) is 37.3 Å². The predicted molar refractivity (Wildman–Crippen MR) is 113 cm³/mol. The molecule has 28 heavy (non-hydrogen) atoms. The average molecular weight is 397 g/mol. The van der Waals surface area contributed by atoms with Crippen LogP contribution >= 0.6 is 0 Å². The van der Waals surface area contributed by atoms with Crippen LogP contribution in [-0.2, 0) is 18.9 Å². The Bertz CT molecular complexity index is 454. The summed E-state index contributed by atoms with van der Waals surface area (Å²) in [5.74, 6) is 1.46. The number of unbranched alkanes of at least 4 members (excludes halogenated alkanes) is 1. The van der Waals surface area contributed by atoms with E-state index >= 15 is 0 Å². The number of ether oxygens (including phenoxy) is 5. The molecule has 0 bridgehead atoms. The first kappa shape index (κ1) is 24.9. The highest BCUT2D eigenvalue weighted by Crippen LogP contribution is 2.14. The molecule has 0 amide bonds. The normalized spacial score (nSPS) is 14.6.